The van der Waals surface area contributed by atoms with Crippen molar-refractivity contribution in [2.75, 3.05) is 5.32 Å². The number of carbonyl (C=O) groups excluding carboxylic acids is 1. The highest BCUT2D eigenvalue weighted by Crippen LogP contribution is 2.44. The number of alkyl halides is 6. The Balaban J connectivity index is 2.39. The number of ether oxygens (including phenoxy) is 1. The van der Waals surface area contributed by atoms with E-state index in [9.17, 15) is 31.1 Å². The predicted octanol–water partition coefficient (Wildman–Crippen LogP) is 5.02. The Morgan fingerprint density at radius 2 is 1.37 bits per heavy atom. The Hall–Kier alpha value is -2.91. The highest BCUT2D eigenvalue weighted by molar-refractivity contribution is 5.90. The highest BCUT2D eigenvalue weighted by atomic mass is 19.4. The fourth-order valence-corrected chi connectivity index (χ4v) is 2.14. The van der Waals surface area contributed by atoms with Gasteiger partial charge in [-0.25, -0.2) is 4.79 Å². The molecular weight excluding hydrogens is 378 g/mol. The summed E-state index contributed by atoms with van der Waals surface area (Å²) in [5.41, 5.74) is -4.44. The molecule has 2 amide bonds. The van der Waals surface area contributed by atoms with Crippen LogP contribution < -0.4 is 15.4 Å². The number of halogens is 6. The third-order valence-electron chi connectivity index (χ3n) is 3.50. The molecule has 0 aliphatic heterocycles. The van der Waals surface area contributed by atoms with Crippen LogP contribution in [0.4, 0.5) is 36.8 Å². The second-order valence-electron chi connectivity index (χ2n) is 5.49. The normalized spacial score (nSPS) is 12.4. The molecule has 0 radical (unpaired) electrons. The molecule has 0 spiro atoms. The van der Waals surface area contributed by atoms with Crippen LogP contribution in [0.15, 0.2) is 54.6 Å². The number of nitrogens with one attached hydrogen (secondary N) is 2. The van der Waals surface area contributed by atoms with E-state index < -0.39 is 29.9 Å². The Labute approximate surface area is 150 Å². The molecule has 10 heteroatoms. The van der Waals surface area contributed by atoms with Gasteiger partial charge in [0.15, 0.2) is 0 Å². The first-order valence-corrected chi connectivity index (χ1v) is 7.48. The van der Waals surface area contributed by atoms with Gasteiger partial charge in [0.2, 0.25) is 0 Å². The van der Waals surface area contributed by atoms with Crippen LogP contribution in [-0.4, -0.2) is 24.1 Å². The third-order valence-corrected chi connectivity index (χ3v) is 3.50. The Kier molecular flexibility index (Phi) is 5.57. The van der Waals surface area contributed by atoms with Gasteiger partial charge in [-0.1, -0.05) is 36.4 Å². The molecule has 2 N–H and O–H groups in total. The minimum atomic E-state index is -6.00. The van der Waals surface area contributed by atoms with Crippen LogP contribution in [0.25, 0.3) is 0 Å². The number of carbonyl (C=O) groups is 1. The SMILES string of the molecule is Cc1ccccc1NC(=O)NC(Oc1ccccc1)(C(F)(F)F)C(F)(F)F. The largest absolute Gasteiger partial charge is 0.458 e. The van der Waals surface area contributed by atoms with E-state index in [-0.39, 0.29) is 5.69 Å². The van der Waals surface area contributed by atoms with Gasteiger partial charge in [-0.05, 0) is 30.7 Å². The van der Waals surface area contributed by atoms with Crippen molar-refractivity contribution in [3.63, 3.8) is 0 Å². The Morgan fingerprint density at radius 1 is 0.852 bits per heavy atom. The van der Waals surface area contributed by atoms with E-state index in [1.54, 1.807) is 6.07 Å². The molecule has 0 unspecified atom stereocenters. The molecule has 0 atom stereocenters. The standard InChI is InChI=1S/C17H14F6N2O2/c1-11-7-5-6-10-13(11)24-14(26)25-15(16(18,19)20,17(21,22)23)27-12-8-3-2-4-9-12/h2-10H,1H3,(H2,24,25,26). The number of anilines is 1. The summed E-state index contributed by atoms with van der Waals surface area (Å²) < 4.78 is 84.9. The van der Waals surface area contributed by atoms with Gasteiger partial charge in [-0.2, -0.15) is 26.3 Å². The fraction of sp³-hybridized carbons (Fsp3) is 0.235. The second-order valence-corrected chi connectivity index (χ2v) is 5.49. The number of aryl methyl sites for hydroxylation is 1. The molecule has 0 saturated carbocycles. The van der Waals surface area contributed by atoms with Crippen molar-refractivity contribution in [3.8, 4) is 5.75 Å². The van der Waals surface area contributed by atoms with Crippen LogP contribution in [0.5, 0.6) is 5.75 Å². The summed E-state index contributed by atoms with van der Waals surface area (Å²) in [6.07, 6.45) is -12.0. The van der Waals surface area contributed by atoms with Crippen LogP contribution in [-0.2, 0) is 0 Å². The van der Waals surface area contributed by atoms with Gasteiger partial charge < -0.3 is 10.1 Å². The maximum Gasteiger partial charge on any atom is 0.458 e. The zero-order valence-corrected chi connectivity index (χ0v) is 13.8. The molecular formula is C17H14F6N2O2. The quantitative estimate of drug-likeness (QED) is 0.567. The maximum absolute atomic E-state index is 13.4. The summed E-state index contributed by atoms with van der Waals surface area (Å²) in [5.74, 6) is -0.719. The molecule has 2 rings (SSSR count). The molecule has 0 bridgehead atoms. The number of hydrogen-bond donors (Lipinski definition) is 2. The Bertz CT molecular complexity index is 776. The number of urea groups is 1. The summed E-state index contributed by atoms with van der Waals surface area (Å²) in [5, 5.41) is 2.88. The second kappa shape index (κ2) is 7.37. The van der Waals surface area contributed by atoms with Crippen molar-refractivity contribution in [1.29, 1.82) is 0 Å². The summed E-state index contributed by atoms with van der Waals surface area (Å²) >= 11 is 0. The molecule has 0 aliphatic carbocycles. The van der Waals surface area contributed by atoms with Gasteiger partial charge in [-0.15, -0.1) is 0 Å². The number of hydrogen-bond acceptors (Lipinski definition) is 2. The van der Waals surface area contributed by atoms with Crippen molar-refractivity contribution in [2.24, 2.45) is 0 Å². The highest BCUT2D eigenvalue weighted by Gasteiger charge is 2.75. The van der Waals surface area contributed by atoms with E-state index in [0.717, 1.165) is 17.4 Å². The van der Waals surface area contributed by atoms with Crippen LogP contribution in [0.3, 0.4) is 0 Å². The summed E-state index contributed by atoms with van der Waals surface area (Å²) in [7, 11) is 0. The monoisotopic (exact) mass is 392 g/mol. The summed E-state index contributed by atoms with van der Waals surface area (Å²) in [4.78, 5) is 12.0. The van der Waals surface area contributed by atoms with Gasteiger partial charge in [0, 0.05) is 5.69 Å². The third kappa shape index (κ3) is 4.44. The van der Waals surface area contributed by atoms with E-state index in [1.807, 2.05) is 5.32 Å². The van der Waals surface area contributed by atoms with Crippen LogP contribution in [0, 0.1) is 6.92 Å². The predicted molar refractivity (Wildman–Crippen MR) is 85.2 cm³/mol. The van der Waals surface area contributed by atoms with Crippen molar-refractivity contribution in [1.82, 2.24) is 5.32 Å². The first-order chi connectivity index (χ1) is 12.5. The van der Waals surface area contributed by atoms with Crippen LogP contribution >= 0.6 is 0 Å². The summed E-state index contributed by atoms with van der Waals surface area (Å²) in [6, 6.07) is 9.77. The lowest BCUT2D eigenvalue weighted by Gasteiger charge is -2.37. The van der Waals surface area contributed by atoms with Crippen LogP contribution in [0.1, 0.15) is 5.56 Å². The minimum absolute atomic E-state index is 0.0490. The first kappa shape index (κ1) is 20.4. The molecule has 0 aliphatic rings. The van der Waals surface area contributed by atoms with Crippen molar-refractivity contribution in [3.05, 3.63) is 60.2 Å². The average molecular weight is 392 g/mol. The lowest BCUT2D eigenvalue weighted by atomic mass is 10.2. The number of rotatable bonds is 4. The maximum atomic E-state index is 13.4. The molecule has 2 aromatic rings. The molecule has 0 fully saturated rings. The van der Waals surface area contributed by atoms with E-state index in [4.69, 9.17) is 0 Å². The van der Waals surface area contributed by atoms with Gasteiger partial charge in [0.05, 0.1) is 0 Å². The molecule has 0 aromatic heterocycles. The van der Waals surface area contributed by atoms with Gasteiger partial charge in [0.1, 0.15) is 5.75 Å². The van der Waals surface area contributed by atoms with E-state index in [2.05, 4.69) is 4.74 Å². The molecule has 0 heterocycles. The zero-order valence-electron chi connectivity index (χ0n) is 13.8. The smallest absolute Gasteiger partial charge is 0.451 e. The number of benzene rings is 2. The average Bonchev–Trinajstić information content (AvgIpc) is 2.55. The van der Waals surface area contributed by atoms with Gasteiger partial charge in [-0.3, -0.25) is 5.32 Å². The van der Waals surface area contributed by atoms with E-state index in [1.165, 1.54) is 43.3 Å². The van der Waals surface area contributed by atoms with Gasteiger partial charge >= 0.3 is 24.1 Å². The fourth-order valence-electron chi connectivity index (χ4n) is 2.14. The lowest BCUT2D eigenvalue weighted by molar-refractivity contribution is -0.364. The molecule has 2 aromatic carbocycles. The minimum Gasteiger partial charge on any atom is -0.451 e. The summed E-state index contributed by atoms with van der Waals surface area (Å²) in [6.45, 7) is 1.52. The Morgan fingerprint density at radius 3 is 1.89 bits per heavy atom. The molecule has 4 nitrogen and oxygen atoms in total. The van der Waals surface area contributed by atoms with Crippen LogP contribution in [0.2, 0.25) is 0 Å². The number of para-hydroxylation sites is 2. The van der Waals surface area contributed by atoms with Gasteiger partial charge in [0.25, 0.3) is 0 Å². The topological polar surface area (TPSA) is 50.4 Å². The lowest BCUT2D eigenvalue weighted by Crippen LogP contribution is -2.71. The zero-order chi connectivity index (χ0) is 20.3. The van der Waals surface area contributed by atoms with Crippen molar-refractivity contribution < 1.29 is 35.9 Å². The van der Waals surface area contributed by atoms with Crippen molar-refractivity contribution in [2.45, 2.75) is 25.0 Å². The molecule has 0 saturated heterocycles. The number of amides is 2. The molecule has 146 valence electrons. The van der Waals surface area contributed by atoms with Crippen molar-refractivity contribution >= 4 is 11.7 Å². The first-order valence-electron chi connectivity index (χ1n) is 7.48. The molecule has 27 heavy (non-hydrogen) atoms. The van der Waals surface area contributed by atoms with E-state index >= 15 is 0 Å². The van der Waals surface area contributed by atoms with E-state index in [0.29, 0.717) is 5.56 Å².